The molecule has 0 aliphatic heterocycles. The Kier molecular flexibility index (Phi) is 5.68. The van der Waals surface area contributed by atoms with Crippen LogP contribution in [-0.2, 0) is 22.8 Å². The van der Waals surface area contributed by atoms with E-state index in [0.717, 1.165) is 6.07 Å². The number of fused-ring (bicyclic) bond motifs is 1. The van der Waals surface area contributed by atoms with Crippen molar-refractivity contribution in [3.05, 3.63) is 76.8 Å². The third kappa shape index (κ3) is 4.08. The molecule has 4 aromatic rings. The molecule has 2 aromatic heterocycles. The first-order valence-electron chi connectivity index (χ1n) is 9.41. The van der Waals surface area contributed by atoms with Crippen LogP contribution in [-0.4, -0.2) is 27.4 Å². The molecule has 2 aromatic carbocycles. The van der Waals surface area contributed by atoms with E-state index in [9.17, 15) is 22.4 Å². The van der Waals surface area contributed by atoms with E-state index in [2.05, 4.69) is 5.10 Å². The first-order valence-corrected chi connectivity index (χ1v) is 9.79. The van der Waals surface area contributed by atoms with Gasteiger partial charge < -0.3 is 9.30 Å². The number of hydrogen-bond donors (Lipinski definition) is 0. The molecule has 0 spiro atoms. The predicted molar refractivity (Wildman–Crippen MR) is 111 cm³/mol. The highest BCUT2D eigenvalue weighted by molar-refractivity contribution is 6.30. The van der Waals surface area contributed by atoms with Crippen molar-refractivity contribution in [3.8, 4) is 11.3 Å². The topological polar surface area (TPSA) is 49.0 Å². The van der Waals surface area contributed by atoms with Gasteiger partial charge in [0.05, 0.1) is 11.7 Å². The number of carbonyl (C=O) groups excluding carboxylic acids is 1. The second-order valence-corrected chi connectivity index (χ2v) is 7.58. The molecule has 0 amide bonds. The SMILES string of the molecule is Cn1nc(C(F)(F)F)cc1-c1ccc2c(ccn2C(COC=O)c2cc(Cl)ccc2F)c1. The predicted octanol–water partition coefficient (Wildman–Crippen LogP) is 5.62. The summed E-state index contributed by atoms with van der Waals surface area (Å²) >= 11 is 6.04. The number of aryl methyl sites for hydroxylation is 1. The smallest absolute Gasteiger partial charge is 0.435 e. The van der Waals surface area contributed by atoms with Crippen LogP contribution < -0.4 is 0 Å². The van der Waals surface area contributed by atoms with Crippen molar-refractivity contribution in [3.63, 3.8) is 0 Å². The summed E-state index contributed by atoms with van der Waals surface area (Å²) in [5.41, 5.74) is 0.771. The molecule has 10 heteroatoms. The molecule has 0 bridgehead atoms. The van der Waals surface area contributed by atoms with E-state index >= 15 is 0 Å². The van der Waals surface area contributed by atoms with Crippen molar-refractivity contribution in [1.29, 1.82) is 0 Å². The standard InChI is InChI=1S/C22H16ClF4N3O2/c1-29-19(10-21(28-29)22(25,26)27)13-2-5-18-14(8-13)6-7-30(18)20(11-32-12-31)16-9-15(23)3-4-17(16)24/h2-10,12,20H,11H2,1H3. The highest BCUT2D eigenvalue weighted by atomic mass is 35.5. The quantitative estimate of drug-likeness (QED) is 0.274. The summed E-state index contributed by atoms with van der Waals surface area (Å²) in [6.07, 6.45) is -2.85. The van der Waals surface area contributed by atoms with Gasteiger partial charge in [-0.25, -0.2) is 4.39 Å². The number of halogens is 5. The zero-order chi connectivity index (χ0) is 23.0. The summed E-state index contributed by atoms with van der Waals surface area (Å²) in [6.45, 7) is 0.142. The number of aromatic nitrogens is 3. The molecule has 0 fully saturated rings. The lowest BCUT2D eigenvalue weighted by Crippen LogP contribution is -2.17. The molecule has 32 heavy (non-hydrogen) atoms. The number of nitrogens with zero attached hydrogens (tertiary/aromatic N) is 3. The second kappa shape index (κ2) is 8.31. The molecule has 0 radical (unpaired) electrons. The van der Waals surface area contributed by atoms with Crippen LogP contribution in [0, 0.1) is 5.82 Å². The largest absolute Gasteiger partial charge is 0.465 e. The number of carbonyl (C=O) groups is 1. The average molecular weight is 466 g/mol. The third-order valence-electron chi connectivity index (χ3n) is 5.16. The Bertz CT molecular complexity index is 1300. The number of benzene rings is 2. The van der Waals surface area contributed by atoms with Crippen molar-refractivity contribution in [2.75, 3.05) is 6.61 Å². The molecule has 0 saturated carbocycles. The van der Waals surface area contributed by atoms with Crippen LogP contribution >= 0.6 is 11.6 Å². The van der Waals surface area contributed by atoms with Crippen molar-refractivity contribution >= 4 is 29.0 Å². The molecule has 0 aliphatic rings. The Labute approximate surface area is 184 Å². The Morgan fingerprint density at radius 1 is 1.16 bits per heavy atom. The summed E-state index contributed by atoms with van der Waals surface area (Å²) in [7, 11) is 1.44. The van der Waals surface area contributed by atoms with E-state index in [4.69, 9.17) is 16.3 Å². The van der Waals surface area contributed by atoms with Gasteiger partial charge in [0, 0.05) is 40.3 Å². The van der Waals surface area contributed by atoms with Crippen molar-refractivity contribution in [2.24, 2.45) is 7.05 Å². The Morgan fingerprint density at radius 2 is 1.94 bits per heavy atom. The molecule has 5 nitrogen and oxygen atoms in total. The zero-order valence-corrected chi connectivity index (χ0v) is 17.4. The second-order valence-electron chi connectivity index (χ2n) is 7.14. The molecule has 166 valence electrons. The maximum Gasteiger partial charge on any atom is 0.435 e. The zero-order valence-electron chi connectivity index (χ0n) is 16.6. The molecule has 0 saturated heterocycles. The van der Waals surface area contributed by atoms with Crippen LogP contribution in [0.3, 0.4) is 0 Å². The Balaban J connectivity index is 1.78. The summed E-state index contributed by atoms with van der Waals surface area (Å²) in [6, 6.07) is 11.2. The van der Waals surface area contributed by atoms with Gasteiger partial charge in [0.2, 0.25) is 0 Å². The summed E-state index contributed by atoms with van der Waals surface area (Å²) in [5.74, 6) is -0.512. The van der Waals surface area contributed by atoms with Crippen LogP contribution in [0.1, 0.15) is 17.3 Å². The van der Waals surface area contributed by atoms with E-state index in [-0.39, 0.29) is 18.6 Å². The van der Waals surface area contributed by atoms with Gasteiger partial charge in [0.1, 0.15) is 12.4 Å². The van der Waals surface area contributed by atoms with Gasteiger partial charge in [-0.05, 0) is 42.5 Å². The summed E-state index contributed by atoms with van der Waals surface area (Å²) in [5, 5.41) is 4.58. The highest BCUT2D eigenvalue weighted by Gasteiger charge is 2.34. The fourth-order valence-electron chi connectivity index (χ4n) is 3.69. The molecule has 0 aliphatic carbocycles. The monoisotopic (exact) mass is 465 g/mol. The minimum Gasteiger partial charge on any atom is -0.465 e. The van der Waals surface area contributed by atoms with Crippen molar-refractivity contribution in [1.82, 2.24) is 14.3 Å². The molecular weight excluding hydrogens is 450 g/mol. The van der Waals surface area contributed by atoms with E-state index in [1.165, 1.54) is 29.9 Å². The molecular formula is C22H16ClF4N3O2. The fraction of sp³-hybridized carbons (Fsp3) is 0.182. The van der Waals surface area contributed by atoms with Crippen LogP contribution in [0.25, 0.3) is 22.2 Å². The fourth-order valence-corrected chi connectivity index (χ4v) is 3.87. The summed E-state index contributed by atoms with van der Waals surface area (Å²) < 4.78 is 61.4. The molecule has 1 atom stereocenters. The van der Waals surface area contributed by atoms with E-state index in [0.29, 0.717) is 27.2 Å². The first-order chi connectivity index (χ1) is 15.2. The molecule has 2 heterocycles. The Morgan fingerprint density at radius 3 is 2.62 bits per heavy atom. The van der Waals surface area contributed by atoms with Crippen molar-refractivity contribution in [2.45, 2.75) is 12.2 Å². The van der Waals surface area contributed by atoms with E-state index in [1.54, 1.807) is 35.0 Å². The van der Waals surface area contributed by atoms with E-state index < -0.39 is 23.7 Å². The van der Waals surface area contributed by atoms with Gasteiger partial charge in [-0.3, -0.25) is 9.48 Å². The van der Waals surface area contributed by atoms with Crippen LogP contribution in [0.4, 0.5) is 17.6 Å². The van der Waals surface area contributed by atoms with Gasteiger partial charge in [-0.1, -0.05) is 17.7 Å². The van der Waals surface area contributed by atoms with Gasteiger partial charge in [0.15, 0.2) is 5.69 Å². The van der Waals surface area contributed by atoms with Crippen LogP contribution in [0.5, 0.6) is 0 Å². The lowest BCUT2D eigenvalue weighted by Gasteiger charge is -2.20. The van der Waals surface area contributed by atoms with Crippen LogP contribution in [0.15, 0.2) is 54.7 Å². The molecule has 0 N–H and O–H groups in total. The van der Waals surface area contributed by atoms with Gasteiger partial charge in [-0.2, -0.15) is 18.3 Å². The number of hydrogen-bond acceptors (Lipinski definition) is 3. The first kappa shape index (κ1) is 21.9. The minimum atomic E-state index is -4.55. The van der Waals surface area contributed by atoms with E-state index in [1.807, 2.05) is 0 Å². The average Bonchev–Trinajstić information content (AvgIpc) is 3.34. The van der Waals surface area contributed by atoms with Gasteiger partial charge >= 0.3 is 6.18 Å². The number of rotatable bonds is 6. The Hall–Kier alpha value is -3.33. The maximum absolute atomic E-state index is 14.6. The molecule has 1 unspecified atom stereocenters. The third-order valence-corrected chi connectivity index (χ3v) is 5.40. The lowest BCUT2D eigenvalue weighted by molar-refractivity contribution is -0.141. The number of alkyl halides is 3. The maximum atomic E-state index is 14.6. The lowest BCUT2D eigenvalue weighted by atomic mass is 10.1. The number of ether oxygens (including phenoxy) is 1. The van der Waals surface area contributed by atoms with Gasteiger partial charge in [0.25, 0.3) is 6.47 Å². The molecule has 4 rings (SSSR count). The van der Waals surface area contributed by atoms with Crippen LogP contribution in [0.2, 0.25) is 5.02 Å². The normalized spacial score (nSPS) is 12.8. The summed E-state index contributed by atoms with van der Waals surface area (Å²) in [4.78, 5) is 10.8. The van der Waals surface area contributed by atoms with Crippen molar-refractivity contribution < 1.29 is 27.1 Å². The highest BCUT2D eigenvalue weighted by Crippen LogP contribution is 2.34. The van der Waals surface area contributed by atoms with Gasteiger partial charge in [-0.15, -0.1) is 0 Å². The minimum absolute atomic E-state index is 0.136.